The summed E-state index contributed by atoms with van der Waals surface area (Å²) >= 11 is 0. The van der Waals surface area contributed by atoms with Crippen LogP contribution in [0, 0.1) is 0 Å². The standard InChI is InChI=1S/C18H33N3O2/c22-18(20-15-7-3-1-2-4-8-15)9-10-19-16-13-23-14-17(16)21-11-5-6-12-21/h15-17,19H,1-14H2,(H,20,22)/t16-,17-/m1/s1. The third kappa shape index (κ3) is 5.16. The lowest BCUT2D eigenvalue weighted by Crippen LogP contribution is -2.49. The molecule has 2 N–H and O–H groups in total. The fourth-order valence-corrected chi connectivity index (χ4v) is 4.27. The van der Waals surface area contributed by atoms with Crippen LogP contribution in [0.1, 0.15) is 57.8 Å². The summed E-state index contributed by atoms with van der Waals surface area (Å²) in [5, 5.41) is 6.79. The van der Waals surface area contributed by atoms with E-state index in [1.54, 1.807) is 0 Å². The second-order valence-electron chi connectivity index (χ2n) is 7.41. The predicted octanol–water partition coefficient (Wildman–Crippen LogP) is 1.67. The number of carbonyl (C=O) groups is 1. The van der Waals surface area contributed by atoms with Gasteiger partial charge in [0.25, 0.3) is 0 Å². The maximum Gasteiger partial charge on any atom is 0.221 e. The fourth-order valence-electron chi connectivity index (χ4n) is 4.27. The van der Waals surface area contributed by atoms with Crippen LogP contribution in [0.15, 0.2) is 0 Å². The Balaban J connectivity index is 1.34. The molecule has 0 aromatic heterocycles. The highest BCUT2D eigenvalue weighted by Gasteiger charge is 2.33. The zero-order valence-electron chi connectivity index (χ0n) is 14.4. The average Bonchev–Trinajstić information content (AvgIpc) is 3.15. The van der Waals surface area contributed by atoms with Crippen LogP contribution in [0.2, 0.25) is 0 Å². The Morgan fingerprint density at radius 1 is 1.00 bits per heavy atom. The van der Waals surface area contributed by atoms with Crippen molar-refractivity contribution in [3.8, 4) is 0 Å². The van der Waals surface area contributed by atoms with Crippen molar-refractivity contribution in [1.82, 2.24) is 15.5 Å². The quantitative estimate of drug-likeness (QED) is 0.730. The molecule has 2 aliphatic heterocycles. The van der Waals surface area contributed by atoms with Crippen molar-refractivity contribution >= 4 is 5.91 Å². The summed E-state index contributed by atoms with van der Waals surface area (Å²) in [6.07, 6.45) is 10.7. The first-order chi connectivity index (χ1) is 11.3. The van der Waals surface area contributed by atoms with Crippen LogP contribution in [0.5, 0.6) is 0 Å². The maximum absolute atomic E-state index is 12.1. The van der Waals surface area contributed by atoms with Gasteiger partial charge >= 0.3 is 0 Å². The van der Waals surface area contributed by atoms with E-state index in [1.807, 2.05) is 0 Å². The molecule has 23 heavy (non-hydrogen) atoms. The highest BCUT2D eigenvalue weighted by atomic mass is 16.5. The lowest BCUT2D eigenvalue weighted by atomic mass is 10.1. The summed E-state index contributed by atoms with van der Waals surface area (Å²) < 4.78 is 5.67. The van der Waals surface area contributed by atoms with E-state index >= 15 is 0 Å². The number of nitrogens with one attached hydrogen (secondary N) is 2. The highest BCUT2D eigenvalue weighted by molar-refractivity contribution is 5.76. The van der Waals surface area contributed by atoms with E-state index in [0.29, 0.717) is 24.5 Å². The molecule has 0 radical (unpaired) electrons. The third-order valence-electron chi connectivity index (χ3n) is 5.64. The van der Waals surface area contributed by atoms with Crippen LogP contribution in [0.4, 0.5) is 0 Å². The average molecular weight is 323 g/mol. The van der Waals surface area contributed by atoms with E-state index < -0.39 is 0 Å². The van der Waals surface area contributed by atoms with E-state index in [1.165, 1.54) is 51.6 Å². The van der Waals surface area contributed by atoms with Gasteiger partial charge in [-0.1, -0.05) is 25.7 Å². The Bertz CT molecular complexity index is 363. The molecule has 3 rings (SSSR count). The molecule has 3 aliphatic rings. The number of rotatable bonds is 6. The van der Waals surface area contributed by atoms with E-state index in [0.717, 1.165) is 32.6 Å². The topological polar surface area (TPSA) is 53.6 Å². The molecule has 2 saturated heterocycles. The van der Waals surface area contributed by atoms with Gasteiger partial charge in [0.05, 0.1) is 19.3 Å². The Morgan fingerprint density at radius 2 is 1.74 bits per heavy atom. The number of likely N-dealkylation sites (tertiary alicyclic amines) is 1. The molecule has 1 aliphatic carbocycles. The van der Waals surface area contributed by atoms with Gasteiger partial charge in [-0.3, -0.25) is 9.69 Å². The Morgan fingerprint density at radius 3 is 2.48 bits per heavy atom. The van der Waals surface area contributed by atoms with Gasteiger partial charge in [-0.2, -0.15) is 0 Å². The molecule has 3 fully saturated rings. The van der Waals surface area contributed by atoms with Gasteiger partial charge in [0.15, 0.2) is 0 Å². The van der Waals surface area contributed by atoms with Gasteiger partial charge < -0.3 is 15.4 Å². The second kappa shape index (κ2) is 9.00. The first-order valence-electron chi connectivity index (χ1n) is 9.67. The third-order valence-corrected chi connectivity index (χ3v) is 5.64. The minimum atomic E-state index is 0.209. The summed E-state index contributed by atoms with van der Waals surface area (Å²) in [4.78, 5) is 14.7. The summed E-state index contributed by atoms with van der Waals surface area (Å²) in [6.45, 7) is 4.79. The monoisotopic (exact) mass is 323 g/mol. The van der Waals surface area contributed by atoms with Crippen LogP contribution < -0.4 is 10.6 Å². The van der Waals surface area contributed by atoms with Gasteiger partial charge in [-0.05, 0) is 38.8 Å². The molecular weight excluding hydrogens is 290 g/mol. The molecule has 0 aromatic carbocycles. The summed E-state index contributed by atoms with van der Waals surface area (Å²) in [5.74, 6) is 0.209. The summed E-state index contributed by atoms with van der Waals surface area (Å²) in [7, 11) is 0. The molecule has 0 unspecified atom stereocenters. The number of hydrogen-bond acceptors (Lipinski definition) is 4. The summed E-state index contributed by atoms with van der Waals surface area (Å²) in [6, 6.07) is 1.30. The van der Waals surface area contributed by atoms with Gasteiger partial charge in [0.2, 0.25) is 5.91 Å². The van der Waals surface area contributed by atoms with Gasteiger partial charge in [-0.15, -0.1) is 0 Å². The van der Waals surface area contributed by atoms with Crippen molar-refractivity contribution in [3.63, 3.8) is 0 Å². The number of amides is 1. The van der Waals surface area contributed by atoms with Crippen molar-refractivity contribution in [2.75, 3.05) is 32.8 Å². The molecule has 1 amide bonds. The van der Waals surface area contributed by atoms with Crippen LogP contribution in [-0.4, -0.2) is 61.8 Å². The zero-order valence-corrected chi connectivity index (χ0v) is 14.4. The number of ether oxygens (including phenoxy) is 1. The van der Waals surface area contributed by atoms with Crippen LogP contribution in [0.3, 0.4) is 0 Å². The maximum atomic E-state index is 12.1. The molecule has 2 heterocycles. The van der Waals surface area contributed by atoms with E-state index in [9.17, 15) is 4.79 Å². The SMILES string of the molecule is O=C(CCN[C@@H]1COC[C@H]1N1CCCC1)NC1CCCCCC1. The van der Waals surface area contributed by atoms with Gasteiger partial charge in [0.1, 0.15) is 0 Å². The largest absolute Gasteiger partial charge is 0.378 e. The normalized spacial score (nSPS) is 30.4. The number of hydrogen-bond donors (Lipinski definition) is 2. The van der Waals surface area contributed by atoms with Crippen LogP contribution in [0.25, 0.3) is 0 Å². The minimum Gasteiger partial charge on any atom is -0.378 e. The van der Waals surface area contributed by atoms with Crippen molar-refractivity contribution in [2.24, 2.45) is 0 Å². The molecule has 1 saturated carbocycles. The molecule has 0 aromatic rings. The molecule has 2 atom stereocenters. The van der Waals surface area contributed by atoms with Crippen LogP contribution in [-0.2, 0) is 9.53 Å². The van der Waals surface area contributed by atoms with Crippen molar-refractivity contribution in [3.05, 3.63) is 0 Å². The Hall–Kier alpha value is -0.650. The number of nitrogens with zero attached hydrogens (tertiary/aromatic N) is 1. The van der Waals surface area contributed by atoms with Crippen molar-refractivity contribution in [1.29, 1.82) is 0 Å². The van der Waals surface area contributed by atoms with Gasteiger partial charge in [0, 0.05) is 25.0 Å². The summed E-state index contributed by atoms with van der Waals surface area (Å²) in [5.41, 5.74) is 0. The fraction of sp³-hybridized carbons (Fsp3) is 0.944. The van der Waals surface area contributed by atoms with E-state index in [2.05, 4.69) is 15.5 Å². The highest BCUT2D eigenvalue weighted by Crippen LogP contribution is 2.19. The molecular formula is C18H33N3O2. The number of carbonyl (C=O) groups excluding carboxylic acids is 1. The molecule has 0 bridgehead atoms. The lowest BCUT2D eigenvalue weighted by Gasteiger charge is -2.28. The smallest absolute Gasteiger partial charge is 0.221 e. The predicted molar refractivity (Wildman–Crippen MR) is 91.5 cm³/mol. The minimum absolute atomic E-state index is 0.209. The van der Waals surface area contributed by atoms with E-state index in [-0.39, 0.29) is 5.91 Å². The Labute approximate surface area is 140 Å². The lowest BCUT2D eigenvalue weighted by molar-refractivity contribution is -0.121. The zero-order chi connectivity index (χ0) is 15.9. The molecule has 0 spiro atoms. The molecule has 5 nitrogen and oxygen atoms in total. The van der Waals surface area contributed by atoms with E-state index in [4.69, 9.17) is 4.74 Å². The van der Waals surface area contributed by atoms with Gasteiger partial charge in [-0.25, -0.2) is 0 Å². The molecule has 132 valence electrons. The second-order valence-corrected chi connectivity index (χ2v) is 7.41. The first kappa shape index (κ1) is 17.2. The van der Waals surface area contributed by atoms with Crippen molar-refractivity contribution in [2.45, 2.75) is 75.9 Å². The van der Waals surface area contributed by atoms with Crippen molar-refractivity contribution < 1.29 is 9.53 Å². The Kier molecular flexibility index (Phi) is 6.72. The van der Waals surface area contributed by atoms with Crippen LogP contribution >= 0.6 is 0 Å². The molecule has 5 heteroatoms. The first-order valence-corrected chi connectivity index (χ1v) is 9.67.